The molecule has 1 atom stereocenters. The number of nitrogens with one attached hydrogen (secondary N) is 1. The van der Waals surface area contributed by atoms with Crippen molar-refractivity contribution in [1.82, 2.24) is 10.2 Å². The molecule has 0 unspecified atom stereocenters. The van der Waals surface area contributed by atoms with Gasteiger partial charge in [0.1, 0.15) is 6.04 Å². The summed E-state index contributed by atoms with van der Waals surface area (Å²) in [5, 5.41) is 4.87. The zero-order chi connectivity index (χ0) is 20.8. The number of carbonyl (C=O) groups excluding carboxylic acids is 3. The third-order valence-corrected chi connectivity index (χ3v) is 5.26. The Balaban J connectivity index is 1.59. The van der Waals surface area contributed by atoms with Crippen LogP contribution in [0.4, 0.5) is 0 Å². The van der Waals surface area contributed by atoms with Crippen LogP contribution in [-0.2, 0) is 25.5 Å². The van der Waals surface area contributed by atoms with E-state index in [2.05, 4.69) is 5.32 Å². The summed E-state index contributed by atoms with van der Waals surface area (Å²) in [6.07, 6.45) is 2.14. The summed E-state index contributed by atoms with van der Waals surface area (Å²) in [4.78, 5) is 38.9. The van der Waals surface area contributed by atoms with Gasteiger partial charge in [0, 0.05) is 13.1 Å². The van der Waals surface area contributed by atoms with Crippen molar-refractivity contribution in [3.05, 3.63) is 48.0 Å². The van der Waals surface area contributed by atoms with E-state index in [1.54, 1.807) is 4.90 Å². The van der Waals surface area contributed by atoms with Crippen molar-refractivity contribution >= 4 is 28.6 Å². The number of benzene rings is 2. The van der Waals surface area contributed by atoms with E-state index >= 15 is 0 Å². The molecule has 1 N–H and O–H groups in total. The first-order chi connectivity index (χ1) is 14.0. The smallest absolute Gasteiger partial charge is 0.329 e. The average molecular weight is 396 g/mol. The molecule has 1 fully saturated rings. The maximum Gasteiger partial charge on any atom is 0.329 e. The second kappa shape index (κ2) is 9.54. The van der Waals surface area contributed by atoms with Gasteiger partial charge >= 0.3 is 5.97 Å². The lowest BCUT2D eigenvalue weighted by atomic mass is 10.0. The quantitative estimate of drug-likeness (QED) is 0.730. The van der Waals surface area contributed by atoms with E-state index < -0.39 is 12.0 Å². The van der Waals surface area contributed by atoms with Crippen molar-refractivity contribution in [3.63, 3.8) is 0 Å². The summed E-state index contributed by atoms with van der Waals surface area (Å²) in [5.74, 6) is -1.15. The molecule has 0 radical (unpaired) electrons. The maximum absolute atomic E-state index is 12.6. The topological polar surface area (TPSA) is 75.7 Å². The Morgan fingerprint density at radius 1 is 1.03 bits per heavy atom. The summed E-state index contributed by atoms with van der Waals surface area (Å²) in [5.41, 5.74) is 0.903. The Morgan fingerprint density at radius 3 is 2.45 bits per heavy atom. The van der Waals surface area contributed by atoms with Gasteiger partial charge in [-0.2, -0.15) is 0 Å². The van der Waals surface area contributed by atoms with Crippen molar-refractivity contribution in [2.75, 3.05) is 19.7 Å². The monoisotopic (exact) mass is 396 g/mol. The van der Waals surface area contributed by atoms with Gasteiger partial charge in [0.25, 0.3) is 5.91 Å². The summed E-state index contributed by atoms with van der Waals surface area (Å²) in [7, 11) is 0. The van der Waals surface area contributed by atoms with Gasteiger partial charge in [-0.1, -0.05) is 56.3 Å². The Kier molecular flexibility index (Phi) is 6.86. The zero-order valence-electron chi connectivity index (χ0n) is 17.0. The number of hydrogen-bond acceptors (Lipinski definition) is 4. The highest BCUT2D eigenvalue weighted by molar-refractivity contribution is 5.92. The first-order valence-corrected chi connectivity index (χ1v) is 10.2. The molecule has 6 heteroatoms. The molecule has 0 spiro atoms. The average Bonchev–Trinajstić information content (AvgIpc) is 3.25. The van der Waals surface area contributed by atoms with Gasteiger partial charge in [-0.25, -0.2) is 4.79 Å². The van der Waals surface area contributed by atoms with Gasteiger partial charge in [0.05, 0.1) is 6.42 Å². The third kappa shape index (κ3) is 5.34. The van der Waals surface area contributed by atoms with E-state index in [9.17, 15) is 14.4 Å². The number of likely N-dealkylation sites (tertiary alicyclic amines) is 1. The van der Waals surface area contributed by atoms with Crippen molar-refractivity contribution < 1.29 is 19.1 Å². The van der Waals surface area contributed by atoms with Crippen LogP contribution in [-0.4, -0.2) is 48.4 Å². The standard InChI is InChI=1S/C23H28N2O4/c1-16(2)22(23(28)29-15-21(27)25-12-5-6-13-25)24-20(26)14-18-10-7-9-17-8-3-4-11-19(17)18/h3-4,7-11,16,22H,5-6,12-15H2,1-2H3,(H,24,26)/t22-/m0/s1. The van der Waals surface area contributed by atoms with Gasteiger partial charge in [0.15, 0.2) is 6.61 Å². The number of amides is 2. The van der Waals surface area contributed by atoms with Crippen molar-refractivity contribution in [2.45, 2.75) is 39.2 Å². The Bertz CT molecular complexity index is 882. The Labute approximate surface area is 171 Å². The van der Waals surface area contributed by atoms with Crippen LogP contribution in [0.1, 0.15) is 32.3 Å². The number of fused-ring (bicyclic) bond motifs is 1. The first-order valence-electron chi connectivity index (χ1n) is 10.2. The van der Waals surface area contributed by atoms with E-state index in [1.165, 1.54) is 0 Å². The number of nitrogens with zero attached hydrogens (tertiary/aromatic N) is 1. The predicted molar refractivity (Wildman–Crippen MR) is 111 cm³/mol. The van der Waals surface area contributed by atoms with E-state index in [0.717, 1.165) is 29.2 Å². The second-order valence-electron chi connectivity index (χ2n) is 7.80. The second-order valence-corrected chi connectivity index (χ2v) is 7.80. The van der Waals surface area contributed by atoms with E-state index in [-0.39, 0.29) is 30.8 Å². The maximum atomic E-state index is 12.6. The summed E-state index contributed by atoms with van der Waals surface area (Å²) in [6.45, 7) is 4.83. The fraction of sp³-hybridized carbons (Fsp3) is 0.435. The molecule has 0 bridgehead atoms. The lowest BCUT2D eigenvalue weighted by Crippen LogP contribution is -2.46. The Hall–Kier alpha value is -2.89. The molecule has 2 aromatic rings. The summed E-state index contributed by atoms with van der Waals surface area (Å²) < 4.78 is 5.22. The molecule has 3 rings (SSSR count). The van der Waals surface area contributed by atoms with Crippen LogP contribution in [0.5, 0.6) is 0 Å². The van der Waals surface area contributed by atoms with Crippen LogP contribution in [0, 0.1) is 5.92 Å². The summed E-state index contributed by atoms with van der Waals surface area (Å²) >= 11 is 0. The predicted octanol–water partition coefficient (Wildman–Crippen LogP) is 2.69. The number of hydrogen-bond donors (Lipinski definition) is 1. The fourth-order valence-corrected chi connectivity index (χ4v) is 3.62. The first kappa shape index (κ1) is 20.8. The molecule has 154 valence electrons. The van der Waals surface area contributed by atoms with E-state index in [0.29, 0.717) is 13.1 Å². The molecule has 6 nitrogen and oxygen atoms in total. The number of rotatable bonds is 7. The van der Waals surface area contributed by atoms with Crippen molar-refractivity contribution in [3.8, 4) is 0 Å². The highest BCUT2D eigenvalue weighted by Gasteiger charge is 2.27. The number of carbonyl (C=O) groups is 3. The van der Waals surface area contributed by atoms with Gasteiger partial charge < -0.3 is 15.0 Å². The van der Waals surface area contributed by atoms with Gasteiger partial charge in [-0.3, -0.25) is 9.59 Å². The van der Waals surface area contributed by atoms with Crippen LogP contribution in [0.2, 0.25) is 0 Å². The third-order valence-electron chi connectivity index (χ3n) is 5.26. The molecule has 2 amide bonds. The minimum atomic E-state index is -0.788. The van der Waals surface area contributed by atoms with Gasteiger partial charge in [-0.05, 0) is 35.1 Å². The van der Waals surface area contributed by atoms with Crippen LogP contribution in [0.3, 0.4) is 0 Å². The largest absolute Gasteiger partial charge is 0.454 e. The molecule has 29 heavy (non-hydrogen) atoms. The molecule has 1 saturated heterocycles. The minimum absolute atomic E-state index is 0.152. The molecular weight excluding hydrogens is 368 g/mol. The molecular formula is C23H28N2O4. The molecule has 0 saturated carbocycles. The Morgan fingerprint density at radius 2 is 1.72 bits per heavy atom. The molecule has 0 aromatic heterocycles. The number of esters is 1. The highest BCUT2D eigenvalue weighted by atomic mass is 16.5. The molecule has 1 aliphatic rings. The highest BCUT2D eigenvalue weighted by Crippen LogP contribution is 2.19. The molecule has 0 aliphatic carbocycles. The van der Waals surface area contributed by atoms with Crippen LogP contribution >= 0.6 is 0 Å². The fourth-order valence-electron chi connectivity index (χ4n) is 3.62. The van der Waals surface area contributed by atoms with Crippen LogP contribution < -0.4 is 5.32 Å². The minimum Gasteiger partial charge on any atom is -0.454 e. The van der Waals surface area contributed by atoms with Crippen molar-refractivity contribution in [2.24, 2.45) is 5.92 Å². The normalized spacial score (nSPS) is 14.8. The molecule has 1 aliphatic heterocycles. The van der Waals surface area contributed by atoms with Gasteiger partial charge in [-0.15, -0.1) is 0 Å². The van der Waals surface area contributed by atoms with Crippen LogP contribution in [0.15, 0.2) is 42.5 Å². The lowest BCUT2D eigenvalue weighted by molar-refractivity contribution is -0.155. The summed E-state index contributed by atoms with van der Waals surface area (Å²) in [6, 6.07) is 12.9. The molecule has 1 heterocycles. The lowest BCUT2D eigenvalue weighted by Gasteiger charge is -2.22. The van der Waals surface area contributed by atoms with Gasteiger partial charge in [0.2, 0.25) is 5.91 Å². The van der Waals surface area contributed by atoms with Crippen LogP contribution in [0.25, 0.3) is 10.8 Å². The van der Waals surface area contributed by atoms with Crippen molar-refractivity contribution in [1.29, 1.82) is 0 Å². The molecule has 2 aromatic carbocycles. The van der Waals surface area contributed by atoms with E-state index in [1.807, 2.05) is 56.3 Å². The zero-order valence-corrected chi connectivity index (χ0v) is 17.0. The van der Waals surface area contributed by atoms with E-state index in [4.69, 9.17) is 4.74 Å². The number of ether oxygens (including phenoxy) is 1. The SMILES string of the molecule is CC(C)[C@H](NC(=O)Cc1cccc2ccccc12)C(=O)OCC(=O)N1CCCC1.